The second-order valence-corrected chi connectivity index (χ2v) is 8.78. The number of pyridine rings is 1. The quantitative estimate of drug-likeness (QED) is 0.798. The van der Waals surface area contributed by atoms with Crippen molar-refractivity contribution in [3.63, 3.8) is 0 Å². The minimum atomic E-state index is -1.09. The van der Waals surface area contributed by atoms with Gasteiger partial charge in [-0.05, 0) is 39.8 Å². The molecule has 0 unspecified atom stereocenters. The molecule has 1 aromatic heterocycles. The predicted octanol–water partition coefficient (Wildman–Crippen LogP) is 3.66. The summed E-state index contributed by atoms with van der Waals surface area (Å²) in [5, 5.41) is 4.30. The Labute approximate surface area is 162 Å². The second kappa shape index (κ2) is 5.66. The molecule has 142 valence electrons. The van der Waals surface area contributed by atoms with Gasteiger partial charge in [0.25, 0.3) is 5.91 Å². The van der Waals surface area contributed by atoms with E-state index >= 15 is 0 Å². The lowest BCUT2D eigenvalue weighted by Crippen LogP contribution is -2.59. The van der Waals surface area contributed by atoms with Crippen molar-refractivity contribution in [3.8, 4) is 0 Å². The zero-order valence-corrected chi connectivity index (χ0v) is 16.6. The molecule has 3 amide bonds. The van der Waals surface area contributed by atoms with Crippen LogP contribution in [0.15, 0.2) is 30.5 Å². The van der Waals surface area contributed by atoms with Gasteiger partial charge in [-0.3, -0.25) is 14.7 Å². The highest BCUT2D eigenvalue weighted by atomic mass is 35.5. The van der Waals surface area contributed by atoms with Crippen molar-refractivity contribution in [2.45, 2.75) is 57.4 Å². The molecule has 2 aliphatic heterocycles. The number of fused-ring (bicyclic) bond motifs is 1. The zero-order valence-electron chi connectivity index (χ0n) is 15.8. The van der Waals surface area contributed by atoms with Crippen LogP contribution < -0.4 is 5.32 Å². The molecule has 2 saturated heterocycles. The number of hydrogen-bond acceptors (Lipinski definition) is 4. The Morgan fingerprint density at radius 3 is 2.63 bits per heavy atom. The van der Waals surface area contributed by atoms with Crippen LogP contribution in [0.4, 0.5) is 4.79 Å². The number of benzene rings is 1. The first kappa shape index (κ1) is 18.2. The van der Waals surface area contributed by atoms with Gasteiger partial charge in [-0.25, -0.2) is 4.79 Å². The molecule has 27 heavy (non-hydrogen) atoms. The van der Waals surface area contributed by atoms with E-state index in [2.05, 4.69) is 10.3 Å². The lowest BCUT2D eigenvalue weighted by molar-refractivity contribution is -0.138. The van der Waals surface area contributed by atoms with E-state index in [0.717, 1.165) is 5.39 Å². The van der Waals surface area contributed by atoms with Crippen LogP contribution in [0.1, 0.15) is 39.7 Å². The van der Waals surface area contributed by atoms with E-state index in [1.165, 1.54) is 4.90 Å². The van der Waals surface area contributed by atoms with Crippen molar-refractivity contribution in [3.05, 3.63) is 41.0 Å². The molecule has 4 rings (SSSR count). The Morgan fingerprint density at radius 1 is 1.22 bits per heavy atom. The van der Waals surface area contributed by atoms with Gasteiger partial charge in [-0.1, -0.05) is 23.7 Å². The number of imide groups is 1. The minimum absolute atomic E-state index is 0.0656. The number of urea groups is 1. The molecule has 0 bridgehead atoms. The highest BCUT2D eigenvalue weighted by Gasteiger charge is 2.67. The van der Waals surface area contributed by atoms with E-state index in [0.29, 0.717) is 22.5 Å². The first-order chi connectivity index (χ1) is 12.6. The van der Waals surface area contributed by atoms with Crippen LogP contribution in [-0.2, 0) is 16.1 Å². The SMILES string of the molecule is CC1(C)C[C@]2(NC(=O)N(Cc3c(Cl)ccc4cccnc34)C2=O)C(C)(C)O1. The molecule has 2 aromatic rings. The normalized spacial score (nSPS) is 26.2. The maximum Gasteiger partial charge on any atom is 0.325 e. The van der Waals surface area contributed by atoms with E-state index in [-0.39, 0.29) is 12.5 Å². The number of nitrogens with zero attached hydrogens (tertiary/aromatic N) is 2. The second-order valence-electron chi connectivity index (χ2n) is 8.38. The maximum atomic E-state index is 13.4. The molecule has 0 radical (unpaired) electrons. The average molecular weight is 388 g/mol. The number of carbonyl (C=O) groups is 2. The third-order valence-corrected chi connectivity index (χ3v) is 5.92. The van der Waals surface area contributed by atoms with E-state index in [1.807, 2.05) is 45.9 Å². The van der Waals surface area contributed by atoms with Crippen LogP contribution >= 0.6 is 11.6 Å². The lowest BCUT2D eigenvalue weighted by atomic mass is 9.79. The summed E-state index contributed by atoms with van der Waals surface area (Å²) in [6, 6.07) is 6.96. The van der Waals surface area contributed by atoms with Crippen molar-refractivity contribution in [1.29, 1.82) is 0 Å². The van der Waals surface area contributed by atoms with E-state index < -0.39 is 22.8 Å². The van der Waals surface area contributed by atoms with Crippen LogP contribution in [0.3, 0.4) is 0 Å². The third kappa shape index (κ3) is 2.62. The standard InChI is InChI=1S/C20H22ClN3O3/c1-18(2)11-20(19(3,4)27-18)16(25)24(17(26)23-20)10-13-14(21)8-7-12-6-5-9-22-15(12)13/h5-9H,10-11H2,1-4H3,(H,23,26)/t20-/m1/s1. The van der Waals surface area contributed by atoms with E-state index in [1.54, 1.807) is 12.3 Å². The van der Waals surface area contributed by atoms with Gasteiger partial charge in [0.1, 0.15) is 0 Å². The molecule has 0 saturated carbocycles. The Morgan fingerprint density at radius 2 is 1.96 bits per heavy atom. The van der Waals surface area contributed by atoms with Crippen molar-refractivity contribution in [2.75, 3.05) is 0 Å². The summed E-state index contributed by atoms with van der Waals surface area (Å²) >= 11 is 6.40. The van der Waals surface area contributed by atoms with Gasteiger partial charge in [-0.15, -0.1) is 0 Å². The third-order valence-electron chi connectivity index (χ3n) is 5.56. The van der Waals surface area contributed by atoms with Gasteiger partial charge in [-0.2, -0.15) is 0 Å². The number of amides is 3. The summed E-state index contributed by atoms with van der Waals surface area (Å²) in [6.07, 6.45) is 2.08. The number of nitrogens with one attached hydrogen (secondary N) is 1. The Balaban J connectivity index is 1.74. The van der Waals surface area contributed by atoms with Crippen molar-refractivity contribution in [2.24, 2.45) is 0 Å². The maximum absolute atomic E-state index is 13.4. The molecule has 2 aliphatic rings. The Kier molecular flexibility index (Phi) is 3.81. The van der Waals surface area contributed by atoms with Gasteiger partial charge in [0.2, 0.25) is 0 Å². The Bertz CT molecular complexity index is 972. The van der Waals surface area contributed by atoms with Gasteiger partial charge in [0, 0.05) is 28.6 Å². The fourth-order valence-electron chi connectivity index (χ4n) is 4.45. The molecule has 6 nitrogen and oxygen atoms in total. The lowest BCUT2D eigenvalue weighted by Gasteiger charge is -2.33. The monoisotopic (exact) mass is 387 g/mol. The van der Waals surface area contributed by atoms with Gasteiger partial charge < -0.3 is 10.1 Å². The topological polar surface area (TPSA) is 71.5 Å². The summed E-state index contributed by atoms with van der Waals surface area (Å²) in [6.45, 7) is 7.61. The van der Waals surface area contributed by atoms with Gasteiger partial charge in [0.05, 0.1) is 23.3 Å². The molecular formula is C20H22ClN3O3. The van der Waals surface area contributed by atoms with Crippen LogP contribution in [0.5, 0.6) is 0 Å². The smallest absolute Gasteiger partial charge is 0.325 e. The van der Waals surface area contributed by atoms with E-state index in [4.69, 9.17) is 16.3 Å². The number of halogens is 1. The molecule has 1 spiro atoms. The zero-order chi connectivity index (χ0) is 19.6. The van der Waals surface area contributed by atoms with Crippen LogP contribution in [0.25, 0.3) is 10.9 Å². The number of carbonyl (C=O) groups excluding carboxylic acids is 2. The molecule has 1 aromatic carbocycles. The average Bonchev–Trinajstić information content (AvgIpc) is 2.92. The van der Waals surface area contributed by atoms with E-state index in [9.17, 15) is 9.59 Å². The summed E-state index contributed by atoms with van der Waals surface area (Å²) in [5.41, 5.74) is -1.07. The summed E-state index contributed by atoms with van der Waals surface area (Å²) < 4.78 is 6.08. The molecule has 7 heteroatoms. The van der Waals surface area contributed by atoms with Gasteiger partial charge in [0.15, 0.2) is 5.54 Å². The highest BCUT2D eigenvalue weighted by Crippen LogP contribution is 2.48. The van der Waals surface area contributed by atoms with Gasteiger partial charge >= 0.3 is 6.03 Å². The highest BCUT2D eigenvalue weighted by molar-refractivity contribution is 6.32. The summed E-state index contributed by atoms with van der Waals surface area (Å²) in [7, 11) is 0. The first-order valence-electron chi connectivity index (χ1n) is 8.93. The van der Waals surface area contributed by atoms with Crippen molar-refractivity contribution >= 4 is 34.4 Å². The Hall–Kier alpha value is -2.18. The number of hydrogen-bond donors (Lipinski definition) is 1. The number of rotatable bonds is 2. The summed E-state index contributed by atoms with van der Waals surface area (Å²) in [5.74, 6) is -0.285. The molecule has 0 aliphatic carbocycles. The predicted molar refractivity (Wildman–Crippen MR) is 102 cm³/mol. The van der Waals surface area contributed by atoms with Crippen LogP contribution in [-0.4, -0.2) is 38.6 Å². The number of aromatic nitrogens is 1. The fourth-order valence-corrected chi connectivity index (χ4v) is 4.66. The molecule has 1 N–H and O–H groups in total. The van der Waals surface area contributed by atoms with Crippen LogP contribution in [0, 0.1) is 0 Å². The molecule has 1 atom stereocenters. The fraction of sp³-hybridized carbons (Fsp3) is 0.450. The largest absolute Gasteiger partial charge is 0.367 e. The van der Waals surface area contributed by atoms with Crippen LogP contribution in [0.2, 0.25) is 5.02 Å². The first-order valence-corrected chi connectivity index (χ1v) is 9.31. The molecular weight excluding hydrogens is 366 g/mol. The van der Waals surface area contributed by atoms with Crippen molar-refractivity contribution in [1.82, 2.24) is 15.2 Å². The molecule has 2 fully saturated rings. The number of ether oxygens (including phenoxy) is 1. The minimum Gasteiger partial charge on any atom is -0.367 e. The van der Waals surface area contributed by atoms with Crippen molar-refractivity contribution < 1.29 is 14.3 Å². The summed E-state index contributed by atoms with van der Waals surface area (Å²) in [4.78, 5) is 31.8. The molecule has 3 heterocycles.